The predicted molar refractivity (Wildman–Crippen MR) is 128 cm³/mol. The van der Waals surface area contributed by atoms with E-state index in [2.05, 4.69) is 21.6 Å². The van der Waals surface area contributed by atoms with Crippen molar-refractivity contribution in [2.45, 2.75) is 31.5 Å². The monoisotopic (exact) mass is 457 g/mol. The second-order valence-electron chi connectivity index (χ2n) is 9.32. The Labute approximate surface area is 198 Å². The van der Waals surface area contributed by atoms with E-state index >= 15 is 0 Å². The van der Waals surface area contributed by atoms with Crippen LogP contribution in [0.15, 0.2) is 54.7 Å². The predicted octanol–water partition coefficient (Wildman–Crippen LogP) is 2.96. The van der Waals surface area contributed by atoms with Gasteiger partial charge in [0.05, 0.1) is 17.2 Å². The fourth-order valence-corrected chi connectivity index (χ4v) is 5.47. The third-order valence-corrected chi connectivity index (χ3v) is 7.25. The average molecular weight is 458 g/mol. The molecule has 34 heavy (non-hydrogen) atoms. The van der Waals surface area contributed by atoms with E-state index in [1.54, 1.807) is 24.3 Å². The summed E-state index contributed by atoms with van der Waals surface area (Å²) in [6.07, 6.45) is 4.44. The molecule has 1 saturated heterocycles. The van der Waals surface area contributed by atoms with Gasteiger partial charge in [0.25, 0.3) is 11.8 Å². The normalized spacial score (nSPS) is 23.4. The van der Waals surface area contributed by atoms with Gasteiger partial charge in [-0.05, 0) is 44.0 Å². The largest absolute Gasteiger partial charge is 0.361 e. The van der Waals surface area contributed by atoms with Crippen LogP contribution >= 0.6 is 0 Å². The van der Waals surface area contributed by atoms with Crippen LogP contribution in [0.3, 0.4) is 0 Å². The first-order chi connectivity index (χ1) is 16.6. The molecule has 0 aromatic heterocycles. The molecule has 2 N–H and O–H groups in total. The molecule has 4 aliphatic rings. The van der Waals surface area contributed by atoms with Crippen molar-refractivity contribution >= 4 is 29.1 Å². The summed E-state index contributed by atoms with van der Waals surface area (Å²) in [6.45, 7) is 3.09. The number of amides is 4. The summed E-state index contributed by atoms with van der Waals surface area (Å²) in [4.78, 5) is 43.4. The molecular weight excluding hydrogens is 430 g/mol. The Balaban J connectivity index is 1.02. The average Bonchev–Trinajstić information content (AvgIpc) is 3.52. The van der Waals surface area contributed by atoms with Gasteiger partial charge in [-0.15, -0.1) is 0 Å². The van der Waals surface area contributed by atoms with Crippen LogP contribution in [-0.2, 0) is 0 Å². The number of carbonyl (C=O) groups excluding carboxylic acids is 3. The lowest BCUT2D eigenvalue weighted by atomic mass is 10.1. The molecule has 174 valence electrons. The molecule has 4 amide bonds. The number of hydrogen-bond acceptors (Lipinski definition) is 5. The highest BCUT2D eigenvalue weighted by molar-refractivity contribution is 6.21. The Morgan fingerprint density at radius 3 is 2.26 bits per heavy atom. The van der Waals surface area contributed by atoms with E-state index in [9.17, 15) is 14.4 Å². The van der Waals surface area contributed by atoms with Crippen LogP contribution in [0.1, 0.15) is 45.5 Å². The van der Waals surface area contributed by atoms with Gasteiger partial charge in [-0.25, -0.2) is 4.79 Å². The van der Waals surface area contributed by atoms with Gasteiger partial charge in [-0.1, -0.05) is 30.3 Å². The Hall–Kier alpha value is -3.65. The highest BCUT2D eigenvalue weighted by Crippen LogP contribution is 2.36. The maximum atomic E-state index is 12.8. The molecule has 0 bridgehead atoms. The second-order valence-corrected chi connectivity index (χ2v) is 9.32. The van der Waals surface area contributed by atoms with Crippen LogP contribution in [-0.4, -0.2) is 70.9 Å². The lowest BCUT2D eigenvalue weighted by Crippen LogP contribution is -2.52. The molecule has 2 aromatic carbocycles. The summed E-state index contributed by atoms with van der Waals surface area (Å²) in [7, 11) is 0. The van der Waals surface area contributed by atoms with E-state index in [1.807, 2.05) is 29.3 Å². The first-order valence-corrected chi connectivity index (χ1v) is 11.9. The third-order valence-electron chi connectivity index (χ3n) is 7.25. The van der Waals surface area contributed by atoms with Gasteiger partial charge < -0.3 is 15.5 Å². The Kier molecular flexibility index (Phi) is 5.10. The van der Waals surface area contributed by atoms with Crippen molar-refractivity contribution in [3.63, 3.8) is 0 Å². The molecule has 2 atom stereocenters. The van der Waals surface area contributed by atoms with Crippen molar-refractivity contribution < 1.29 is 14.4 Å². The smallest absolute Gasteiger partial charge is 0.323 e. The van der Waals surface area contributed by atoms with Gasteiger partial charge in [-0.2, -0.15) is 0 Å². The highest BCUT2D eigenvalue weighted by atomic mass is 16.2. The lowest BCUT2D eigenvalue weighted by Gasteiger charge is -2.33. The maximum absolute atomic E-state index is 12.8. The van der Waals surface area contributed by atoms with Crippen molar-refractivity contribution in [2.75, 3.05) is 31.5 Å². The fraction of sp³-hybridized carbons (Fsp3) is 0.346. The standard InChI is InChI=1S/C26H27N5O3/c32-24-19-8-1-2-9-20(19)25(33)30(24)13-6-5-12-29-14-11-17(15-29)31-16-21-18-7-3-4-10-22(18)27-23(21)28-26(31)34/h1-4,7-10,16-17,23,27H,5-6,11-15H2,(H,28,34). The zero-order valence-electron chi connectivity index (χ0n) is 18.9. The number of imide groups is 1. The van der Waals surface area contributed by atoms with Crippen LogP contribution in [0.4, 0.5) is 10.5 Å². The van der Waals surface area contributed by atoms with Gasteiger partial charge in [0.2, 0.25) is 0 Å². The SMILES string of the molecule is O=C1c2ccccc2C(=O)N1CCCCN1CCC(N2C=C3c4ccccc4NC3NC2=O)C1. The first kappa shape index (κ1) is 20.9. The molecule has 2 aromatic rings. The van der Waals surface area contributed by atoms with Crippen LogP contribution in [0.5, 0.6) is 0 Å². The number of para-hydroxylation sites is 1. The summed E-state index contributed by atoms with van der Waals surface area (Å²) < 4.78 is 0. The van der Waals surface area contributed by atoms with Crippen molar-refractivity contribution in [1.82, 2.24) is 20.0 Å². The van der Waals surface area contributed by atoms with Crippen LogP contribution in [0.25, 0.3) is 5.57 Å². The minimum atomic E-state index is -0.188. The summed E-state index contributed by atoms with van der Waals surface area (Å²) >= 11 is 0. The molecule has 8 heteroatoms. The second kappa shape index (κ2) is 8.29. The van der Waals surface area contributed by atoms with Gasteiger partial charge in [0, 0.05) is 42.7 Å². The van der Waals surface area contributed by atoms with Crippen LogP contribution in [0.2, 0.25) is 0 Å². The van der Waals surface area contributed by atoms with E-state index in [0.717, 1.165) is 55.7 Å². The van der Waals surface area contributed by atoms with Crippen LogP contribution < -0.4 is 10.6 Å². The van der Waals surface area contributed by atoms with E-state index < -0.39 is 0 Å². The van der Waals surface area contributed by atoms with Crippen molar-refractivity contribution in [3.8, 4) is 0 Å². The quantitative estimate of drug-likeness (QED) is 0.515. The summed E-state index contributed by atoms with van der Waals surface area (Å²) in [5, 5.41) is 6.45. The molecule has 0 saturated carbocycles. The molecule has 2 unspecified atom stereocenters. The van der Waals surface area contributed by atoms with Gasteiger partial charge >= 0.3 is 6.03 Å². The molecular formula is C26H27N5O3. The summed E-state index contributed by atoms with van der Waals surface area (Å²) in [6, 6.07) is 15.2. The van der Waals surface area contributed by atoms with E-state index in [-0.39, 0.29) is 30.1 Å². The topological polar surface area (TPSA) is 85.0 Å². The van der Waals surface area contributed by atoms with E-state index in [1.165, 1.54) is 4.90 Å². The number of unbranched alkanes of at least 4 members (excludes halogenated alkanes) is 1. The summed E-state index contributed by atoms with van der Waals surface area (Å²) in [5.74, 6) is -0.375. The Morgan fingerprint density at radius 1 is 0.824 bits per heavy atom. The number of nitrogens with zero attached hydrogens (tertiary/aromatic N) is 3. The number of fused-ring (bicyclic) bond motifs is 4. The Bertz CT molecular complexity index is 1170. The van der Waals surface area contributed by atoms with E-state index in [0.29, 0.717) is 17.7 Å². The van der Waals surface area contributed by atoms with Gasteiger partial charge in [0.15, 0.2) is 0 Å². The van der Waals surface area contributed by atoms with Crippen molar-refractivity contribution in [2.24, 2.45) is 0 Å². The molecule has 4 aliphatic heterocycles. The minimum absolute atomic E-state index is 0.0634. The van der Waals surface area contributed by atoms with Gasteiger partial charge in [-0.3, -0.25) is 19.4 Å². The molecule has 0 radical (unpaired) electrons. The molecule has 0 aliphatic carbocycles. The van der Waals surface area contributed by atoms with Gasteiger partial charge in [0.1, 0.15) is 6.17 Å². The lowest BCUT2D eigenvalue weighted by molar-refractivity contribution is 0.0650. The third kappa shape index (κ3) is 3.45. The number of anilines is 1. The molecule has 6 rings (SSSR count). The van der Waals surface area contributed by atoms with Crippen molar-refractivity contribution in [1.29, 1.82) is 0 Å². The number of carbonyl (C=O) groups is 3. The minimum Gasteiger partial charge on any atom is -0.361 e. The first-order valence-electron chi connectivity index (χ1n) is 11.9. The zero-order valence-corrected chi connectivity index (χ0v) is 18.9. The number of hydrogen-bond donors (Lipinski definition) is 2. The number of nitrogens with one attached hydrogen (secondary N) is 2. The zero-order chi connectivity index (χ0) is 23.2. The van der Waals surface area contributed by atoms with Crippen LogP contribution in [0, 0.1) is 0 Å². The highest BCUT2D eigenvalue weighted by Gasteiger charge is 2.38. The fourth-order valence-electron chi connectivity index (χ4n) is 5.47. The Morgan fingerprint density at radius 2 is 1.50 bits per heavy atom. The number of rotatable bonds is 6. The molecule has 1 fully saturated rings. The number of benzene rings is 2. The molecule has 8 nitrogen and oxygen atoms in total. The summed E-state index contributed by atoms with van der Waals surface area (Å²) in [5.41, 5.74) is 4.30. The molecule has 4 heterocycles. The molecule has 0 spiro atoms. The van der Waals surface area contributed by atoms with E-state index in [4.69, 9.17) is 0 Å². The number of likely N-dealkylation sites (tertiary alicyclic amines) is 1. The van der Waals surface area contributed by atoms with Crippen molar-refractivity contribution in [3.05, 3.63) is 71.4 Å². The number of urea groups is 1. The maximum Gasteiger partial charge on any atom is 0.323 e.